The molecule has 1 aromatic carbocycles. The van der Waals surface area contributed by atoms with Crippen LogP contribution in [0.1, 0.15) is 33.2 Å². The number of hydrogen-bond acceptors (Lipinski definition) is 3. The normalized spacial score (nSPS) is 15.7. The molecule has 1 aliphatic heterocycles. The van der Waals surface area contributed by atoms with Crippen LogP contribution in [0.5, 0.6) is 0 Å². The summed E-state index contributed by atoms with van der Waals surface area (Å²) in [5.74, 6) is -0.355. The van der Waals surface area contributed by atoms with Crippen LogP contribution in [0.3, 0.4) is 0 Å². The molecule has 0 spiro atoms. The fraction of sp³-hybridized carbons (Fsp3) is 0.200. The van der Waals surface area contributed by atoms with Gasteiger partial charge in [0.15, 0.2) is 0 Å². The number of nitrogens with zero attached hydrogens (tertiary/aromatic N) is 1. The molecular formula is C15H13NO2S. The molecule has 0 saturated carbocycles. The zero-order valence-electron chi connectivity index (χ0n) is 10.5. The number of rotatable bonds is 3. The maximum absolute atomic E-state index is 12.3. The van der Waals surface area contributed by atoms with Gasteiger partial charge in [-0.3, -0.25) is 14.5 Å². The molecule has 0 saturated heterocycles. The Bertz CT molecular complexity index is 598. The first-order chi connectivity index (χ1) is 9.18. The molecule has 3 nitrogen and oxygen atoms in total. The van der Waals surface area contributed by atoms with Crippen molar-refractivity contribution < 1.29 is 9.59 Å². The van der Waals surface area contributed by atoms with Gasteiger partial charge in [0.25, 0.3) is 11.8 Å². The average Bonchev–Trinajstić information content (AvgIpc) is 2.99. The Morgan fingerprint density at radius 3 is 2.26 bits per heavy atom. The number of carbonyl (C=O) groups excluding carboxylic acids is 2. The second-order valence-corrected chi connectivity index (χ2v) is 5.49. The first kappa shape index (κ1) is 12.1. The van der Waals surface area contributed by atoms with Gasteiger partial charge < -0.3 is 0 Å². The first-order valence-corrected chi connectivity index (χ1v) is 7.11. The molecule has 1 unspecified atom stereocenters. The molecule has 0 fully saturated rings. The molecule has 2 aromatic rings. The van der Waals surface area contributed by atoms with E-state index in [9.17, 15) is 9.59 Å². The van der Waals surface area contributed by atoms with E-state index in [1.165, 1.54) is 4.90 Å². The Balaban J connectivity index is 1.87. The molecule has 2 amide bonds. The summed E-state index contributed by atoms with van der Waals surface area (Å²) in [4.78, 5) is 25.9. The number of fused-ring (bicyclic) bond motifs is 1. The summed E-state index contributed by atoms with van der Waals surface area (Å²) in [6, 6.07) is 8.91. The van der Waals surface area contributed by atoms with E-state index < -0.39 is 0 Å². The maximum Gasteiger partial charge on any atom is 0.261 e. The van der Waals surface area contributed by atoms with E-state index in [0.717, 1.165) is 5.56 Å². The summed E-state index contributed by atoms with van der Waals surface area (Å²) in [7, 11) is 0. The Labute approximate surface area is 115 Å². The van der Waals surface area contributed by atoms with Gasteiger partial charge in [-0.2, -0.15) is 11.3 Å². The molecule has 1 aromatic heterocycles. The average molecular weight is 271 g/mol. The van der Waals surface area contributed by atoms with Crippen molar-refractivity contribution in [3.8, 4) is 0 Å². The summed E-state index contributed by atoms with van der Waals surface area (Å²) in [5.41, 5.74) is 2.20. The van der Waals surface area contributed by atoms with Crippen LogP contribution in [0, 0.1) is 0 Å². The summed E-state index contributed by atoms with van der Waals surface area (Å²) >= 11 is 1.62. The number of carbonyl (C=O) groups is 2. The summed E-state index contributed by atoms with van der Waals surface area (Å²) in [5, 5.41) is 4.05. The van der Waals surface area contributed by atoms with Gasteiger partial charge in [0, 0.05) is 6.04 Å². The zero-order valence-corrected chi connectivity index (χ0v) is 11.3. The van der Waals surface area contributed by atoms with Gasteiger partial charge in [-0.15, -0.1) is 0 Å². The molecule has 19 heavy (non-hydrogen) atoms. The third-order valence-corrected chi connectivity index (χ3v) is 4.11. The van der Waals surface area contributed by atoms with Gasteiger partial charge in [-0.05, 0) is 47.9 Å². The van der Waals surface area contributed by atoms with E-state index in [0.29, 0.717) is 17.5 Å². The molecule has 4 heteroatoms. The number of hydrogen-bond donors (Lipinski definition) is 0. The lowest BCUT2D eigenvalue weighted by Crippen LogP contribution is -2.39. The van der Waals surface area contributed by atoms with Gasteiger partial charge >= 0.3 is 0 Å². The minimum Gasteiger partial charge on any atom is -0.271 e. The Morgan fingerprint density at radius 1 is 1.11 bits per heavy atom. The van der Waals surface area contributed by atoms with Crippen molar-refractivity contribution >= 4 is 23.2 Å². The van der Waals surface area contributed by atoms with E-state index >= 15 is 0 Å². The molecular weight excluding hydrogens is 258 g/mol. The third kappa shape index (κ3) is 1.98. The number of imide groups is 1. The predicted molar refractivity (Wildman–Crippen MR) is 74.4 cm³/mol. The van der Waals surface area contributed by atoms with Crippen LogP contribution in [0.25, 0.3) is 0 Å². The van der Waals surface area contributed by atoms with Crippen molar-refractivity contribution in [1.82, 2.24) is 4.90 Å². The summed E-state index contributed by atoms with van der Waals surface area (Å²) in [6.07, 6.45) is 0.703. The quantitative estimate of drug-likeness (QED) is 0.805. The molecule has 3 rings (SSSR count). The van der Waals surface area contributed by atoms with Gasteiger partial charge in [-0.1, -0.05) is 12.1 Å². The SMILES string of the molecule is CC(Cc1ccsc1)N1C(=O)c2ccccc2C1=O. The Morgan fingerprint density at radius 2 is 1.74 bits per heavy atom. The van der Waals surface area contributed by atoms with Crippen LogP contribution < -0.4 is 0 Å². The van der Waals surface area contributed by atoms with E-state index in [4.69, 9.17) is 0 Å². The highest BCUT2D eigenvalue weighted by atomic mass is 32.1. The minimum atomic E-state index is -0.177. The van der Waals surface area contributed by atoms with Crippen LogP contribution in [0.4, 0.5) is 0 Å². The summed E-state index contributed by atoms with van der Waals surface area (Å²) in [6.45, 7) is 1.92. The number of thiophene rings is 1. The fourth-order valence-electron chi connectivity index (χ4n) is 2.45. The fourth-order valence-corrected chi connectivity index (χ4v) is 3.13. The second-order valence-electron chi connectivity index (χ2n) is 4.71. The smallest absolute Gasteiger partial charge is 0.261 e. The highest BCUT2D eigenvalue weighted by molar-refractivity contribution is 7.07. The van der Waals surface area contributed by atoms with Crippen molar-refractivity contribution in [2.75, 3.05) is 0 Å². The molecule has 1 atom stereocenters. The van der Waals surface area contributed by atoms with Gasteiger partial charge in [0.1, 0.15) is 0 Å². The van der Waals surface area contributed by atoms with Gasteiger partial charge in [0.05, 0.1) is 11.1 Å². The van der Waals surface area contributed by atoms with E-state index in [1.54, 1.807) is 35.6 Å². The van der Waals surface area contributed by atoms with Crippen LogP contribution in [-0.2, 0) is 6.42 Å². The van der Waals surface area contributed by atoms with E-state index in [-0.39, 0.29) is 17.9 Å². The van der Waals surface area contributed by atoms with Crippen LogP contribution in [0.2, 0.25) is 0 Å². The lowest BCUT2D eigenvalue weighted by atomic mass is 10.1. The van der Waals surface area contributed by atoms with Crippen molar-refractivity contribution in [2.45, 2.75) is 19.4 Å². The minimum absolute atomic E-state index is 0.123. The van der Waals surface area contributed by atoms with E-state index in [2.05, 4.69) is 5.38 Å². The topological polar surface area (TPSA) is 37.4 Å². The molecule has 96 valence electrons. The Kier molecular flexibility index (Phi) is 2.95. The van der Waals surface area contributed by atoms with Gasteiger partial charge in [0.2, 0.25) is 0 Å². The lowest BCUT2D eigenvalue weighted by molar-refractivity contribution is 0.0597. The van der Waals surface area contributed by atoms with Gasteiger partial charge in [-0.25, -0.2) is 0 Å². The molecule has 1 aliphatic rings. The van der Waals surface area contributed by atoms with E-state index in [1.807, 2.05) is 18.4 Å². The van der Waals surface area contributed by atoms with Crippen molar-refractivity contribution in [2.24, 2.45) is 0 Å². The summed E-state index contributed by atoms with van der Waals surface area (Å²) < 4.78 is 0. The monoisotopic (exact) mass is 271 g/mol. The molecule has 0 bridgehead atoms. The van der Waals surface area contributed by atoms with Crippen molar-refractivity contribution in [3.63, 3.8) is 0 Å². The van der Waals surface area contributed by atoms with Crippen LogP contribution in [-0.4, -0.2) is 22.8 Å². The highest BCUT2D eigenvalue weighted by Crippen LogP contribution is 2.25. The predicted octanol–water partition coefficient (Wildman–Crippen LogP) is 2.98. The largest absolute Gasteiger partial charge is 0.271 e. The second kappa shape index (κ2) is 4.63. The van der Waals surface area contributed by atoms with Crippen LogP contribution >= 0.6 is 11.3 Å². The molecule has 0 N–H and O–H groups in total. The Hall–Kier alpha value is -1.94. The van der Waals surface area contributed by atoms with Crippen molar-refractivity contribution in [1.29, 1.82) is 0 Å². The first-order valence-electron chi connectivity index (χ1n) is 6.16. The molecule has 0 radical (unpaired) electrons. The third-order valence-electron chi connectivity index (χ3n) is 3.38. The lowest BCUT2D eigenvalue weighted by Gasteiger charge is -2.22. The molecule has 2 heterocycles. The highest BCUT2D eigenvalue weighted by Gasteiger charge is 2.37. The molecule has 0 aliphatic carbocycles. The number of benzene rings is 1. The number of amides is 2. The standard InChI is InChI=1S/C15H13NO2S/c1-10(8-11-6-7-19-9-11)16-14(17)12-4-2-3-5-13(12)15(16)18/h2-7,9-10H,8H2,1H3. The maximum atomic E-state index is 12.3. The van der Waals surface area contributed by atoms with Crippen LogP contribution in [0.15, 0.2) is 41.1 Å². The van der Waals surface area contributed by atoms with Crippen molar-refractivity contribution in [3.05, 3.63) is 57.8 Å². The zero-order chi connectivity index (χ0) is 13.4.